The highest BCUT2D eigenvalue weighted by atomic mass is 16.3. The van der Waals surface area contributed by atoms with Crippen LogP contribution in [0.4, 0.5) is 0 Å². The first-order valence-electron chi connectivity index (χ1n) is 4.62. The summed E-state index contributed by atoms with van der Waals surface area (Å²) >= 11 is 0. The Labute approximate surface area is 69.2 Å². The van der Waals surface area contributed by atoms with Crippen molar-refractivity contribution >= 4 is 0 Å². The van der Waals surface area contributed by atoms with Crippen molar-refractivity contribution in [3.05, 3.63) is 0 Å². The molecule has 0 aliphatic carbocycles. The van der Waals surface area contributed by atoms with Crippen LogP contribution in [0, 0.1) is 5.92 Å². The SMILES string of the molecule is CCC(C)CN1CC[C@@H](O)C1. The number of rotatable bonds is 3. The van der Waals surface area contributed by atoms with Crippen LogP contribution in [0.3, 0.4) is 0 Å². The van der Waals surface area contributed by atoms with Gasteiger partial charge in [0.25, 0.3) is 0 Å². The molecule has 1 heterocycles. The van der Waals surface area contributed by atoms with Crippen LogP contribution in [0.15, 0.2) is 0 Å². The molecule has 1 rings (SSSR count). The number of hydrogen-bond acceptors (Lipinski definition) is 2. The van der Waals surface area contributed by atoms with Crippen LogP contribution < -0.4 is 0 Å². The van der Waals surface area contributed by atoms with E-state index < -0.39 is 0 Å². The average Bonchev–Trinajstić information content (AvgIpc) is 2.35. The maximum Gasteiger partial charge on any atom is 0.0679 e. The summed E-state index contributed by atoms with van der Waals surface area (Å²) in [6.45, 7) is 7.63. The fourth-order valence-electron chi connectivity index (χ4n) is 1.55. The third-order valence-electron chi connectivity index (χ3n) is 2.51. The van der Waals surface area contributed by atoms with Gasteiger partial charge in [0.2, 0.25) is 0 Å². The average molecular weight is 157 g/mol. The molecule has 1 fully saturated rings. The Morgan fingerprint density at radius 1 is 1.64 bits per heavy atom. The molecule has 0 amide bonds. The zero-order chi connectivity index (χ0) is 8.27. The minimum Gasteiger partial charge on any atom is -0.392 e. The van der Waals surface area contributed by atoms with Gasteiger partial charge in [0.1, 0.15) is 0 Å². The maximum absolute atomic E-state index is 9.24. The Balaban J connectivity index is 2.17. The van der Waals surface area contributed by atoms with Crippen LogP contribution in [-0.4, -0.2) is 35.7 Å². The summed E-state index contributed by atoms with van der Waals surface area (Å²) in [5.74, 6) is 0.778. The third kappa shape index (κ3) is 2.80. The number of likely N-dealkylation sites (tertiary alicyclic amines) is 1. The maximum atomic E-state index is 9.24. The zero-order valence-corrected chi connectivity index (χ0v) is 7.58. The molecule has 1 unspecified atom stereocenters. The van der Waals surface area contributed by atoms with E-state index in [2.05, 4.69) is 18.7 Å². The molecule has 0 aromatic carbocycles. The van der Waals surface area contributed by atoms with Crippen molar-refractivity contribution in [2.75, 3.05) is 19.6 Å². The first kappa shape index (κ1) is 9.01. The van der Waals surface area contributed by atoms with Crippen molar-refractivity contribution in [1.82, 2.24) is 4.90 Å². The number of nitrogens with zero attached hydrogens (tertiary/aromatic N) is 1. The topological polar surface area (TPSA) is 23.5 Å². The highest BCUT2D eigenvalue weighted by Crippen LogP contribution is 2.12. The van der Waals surface area contributed by atoms with E-state index in [1.807, 2.05) is 0 Å². The molecular formula is C9H19NO. The lowest BCUT2D eigenvalue weighted by Crippen LogP contribution is -2.26. The van der Waals surface area contributed by atoms with E-state index in [4.69, 9.17) is 0 Å². The molecule has 0 aromatic heterocycles. The Morgan fingerprint density at radius 2 is 2.36 bits per heavy atom. The van der Waals surface area contributed by atoms with Crippen LogP contribution in [-0.2, 0) is 0 Å². The summed E-state index contributed by atoms with van der Waals surface area (Å²) in [7, 11) is 0. The molecule has 1 aliphatic rings. The van der Waals surface area contributed by atoms with Crippen molar-refractivity contribution in [2.24, 2.45) is 5.92 Å². The monoisotopic (exact) mass is 157 g/mol. The van der Waals surface area contributed by atoms with E-state index in [9.17, 15) is 5.11 Å². The minimum atomic E-state index is -0.0564. The molecule has 1 aliphatic heterocycles. The fraction of sp³-hybridized carbons (Fsp3) is 1.00. The van der Waals surface area contributed by atoms with Crippen LogP contribution >= 0.6 is 0 Å². The molecule has 2 atom stereocenters. The Morgan fingerprint density at radius 3 is 2.82 bits per heavy atom. The second-order valence-electron chi connectivity index (χ2n) is 3.72. The molecule has 11 heavy (non-hydrogen) atoms. The normalized spacial score (nSPS) is 29.2. The van der Waals surface area contributed by atoms with Crippen molar-refractivity contribution in [3.8, 4) is 0 Å². The number of β-amino-alcohol motifs (C(OH)–C–C–N with tert-alkyl or cyclic N) is 1. The predicted molar refractivity (Wildman–Crippen MR) is 46.5 cm³/mol. The van der Waals surface area contributed by atoms with E-state index in [0.717, 1.165) is 32.0 Å². The van der Waals surface area contributed by atoms with Gasteiger partial charge in [0.15, 0.2) is 0 Å². The highest BCUT2D eigenvalue weighted by Gasteiger charge is 2.20. The second kappa shape index (κ2) is 4.07. The van der Waals surface area contributed by atoms with Crippen LogP contribution in [0.1, 0.15) is 26.7 Å². The molecular weight excluding hydrogens is 138 g/mol. The van der Waals surface area contributed by atoms with E-state index in [0.29, 0.717) is 0 Å². The van der Waals surface area contributed by atoms with E-state index >= 15 is 0 Å². The van der Waals surface area contributed by atoms with E-state index in [1.54, 1.807) is 0 Å². The van der Waals surface area contributed by atoms with Gasteiger partial charge < -0.3 is 10.0 Å². The van der Waals surface area contributed by atoms with Gasteiger partial charge in [-0.3, -0.25) is 0 Å². The number of aliphatic hydroxyl groups excluding tert-OH is 1. The van der Waals surface area contributed by atoms with Gasteiger partial charge in [-0.05, 0) is 12.3 Å². The van der Waals surface area contributed by atoms with Gasteiger partial charge in [0, 0.05) is 19.6 Å². The number of hydrogen-bond donors (Lipinski definition) is 1. The molecule has 0 radical (unpaired) electrons. The van der Waals surface area contributed by atoms with Gasteiger partial charge >= 0.3 is 0 Å². The first-order chi connectivity index (χ1) is 5.22. The van der Waals surface area contributed by atoms with E-state index in [1.165, 1.54) is 6.42 Å². The third-order valence-corrected chi connectivity index (χ3v) is 2.51. The van der Waals surface area contributed by atoms with Gasteiger partial charge in [-0.1, -0.05) is 20.3 Å². The molecule has 0 aromatic rings. The second-order valence-corrected chi connectivity index (χ2v) is 3.72. The molecule has 1 saturated heterocycles. The summed E-state index contributed by atoms with van der Waals surface area (Å²) < 4.78 is 0. The predicted octanol–water partition coefficient (Wildman–Crippen LogP) is 1.10. The molecule has 0 bridgehead atoms. The molecule has 1 N–H and O–H groups in total. The molecule has 0 spiro atoms. The Bertz CT molecular complexity index is 116. The lowest BCUT2D eigenvalue weighted by Gasteiger charge is -2.18. The standard InChI is InChI=1S/C9H19NO/c1-3-8(2)6-10-5-4-9(11)7-10/h8-9,11H,3-7H2,1-2H3/t8?,9-/m1/s1. The lowest BCUT2D eigenvalue weighted by atomic mass is 10.1. The van der Waals surface area contributed by atoms with Crippen molar-refractivity contribution in [2.45, 2.75) is 32.8 Å². The summed E-state index contributed by atoms with van der Waals surface area (Å²) in [4.78, 5) is 2.36. The van der Waals surface area contributed by atoms with Crippen LogP contribution in [0.2, 0.25) is 0 Å². The fourth-order valence-corrected chi connectivity index (χ4v) is 1.55. The minimum absolute atomic E-state index is 0.0564. The van der Waals surface area contributed by atoms with Gasteiger partial charge in [0.05, 0.1) is 6.10 Å². The van der Waals surface area contributed by atoms with Gasteiger partial charge in [-0.15, -0.1) is 0 Å². The van der Waals surface area contributed by atoms with Crippen molar-refractivity contribution in [3.63, 3.8) is 0 Å². The van der Waals surface area contributed by atoms with Crippen molar-refractivity contribution < 1.29 is 5.11 Å². The summed E-state index contributed by atoms with van der Waals surface area (Å²) in [5.41, 5.74) is 0. The molecule has 2 heteroatoms. The summed E-state index contributed by atoms with van der Waals surface area (Å²) in [6.07, 6.45) is 2.15. The number of aliphatic hydroxyl groups is 1. The summed E-state index contributed by atoms with van der Waals surface area (Å²) in [6, 6.07) is 0. The highest BCUT2D eigenvalue weighted by molar-refractivity contribution is 4.75. The van der Waals surface area contributed by atoms with Gasteiger partial charge in [-0.2, -0.15) is 0 Å². The molecule has 2 nitrogen and oxygen atoms in total. The van der Waals surface area contributed by atoms with Crippen LogP contribution in [0.25, 0.3) is 0 Å². The van der Waals surface area contributed by atoms with Crippen LogP contribution in [0.5, 0.6) is 0 Å². The first-order valence-corrected chi connectivity index (χ1v) is 4.62. The lowest BCUT2D eigenvalue weighted by molar-refractivity contribution is 0.170. The van der Waals surface area contributed by atoms with E-state index in [-0.39, 0.29) is 6.10 Å². The smallest absolute Gasteiger partial charge is 0.0679 e. The Hall–Kier alpha value is -0.0800. The zero-order valence-electron chi connectivity index (χ0n) is 7.58. The Kier molecular flexibility index (Phi) is 3.34. The van der Waals surface area contributed by atoms with Crippen molar-refractivity contribution in [1.29, 1.82) is 0 Å². The quantitative estimate of drug-likeness (QED) is 0.663. The largest absolute Gasteiger partial charge is 0.392 e. The molecule has 0 saturated carbocycles. The summed E-state index contributed by atoms with van der Waals surface area (Å²) in [5, 5.41) is 9.24. The van der Waals surface area contributed by atoms with Gasteiger partial charge in [-0.25, -0.2) is 0 Å². The molecule has 66 valence electrons.